The number of halogens is 1. The molecular formula is C11H12ClNO6. The van der Waals surface area contributed by atoms with Crippen LogP contribution in [0.4, 0.5) is 5.69 Å². The van der Waals surface area contributed by atoms with Gasteiger partial charge >= 0.3 is 5.97 Å². The van der Waals surface area contributed by atoms with Crippen LogP contribution >= 0.6 is 11.6 Å². The van der Waals surface area contributed by atoms with Crippen LogP contribution in [0, 0.1) is 10.1 Å². The van der Waals surface area contributed by atoms with Crippen LogP contribution in [-0.2, 0) is 4.74 Å². The van der Waals surface area contributed by atoms with Crippen molar-refractivity contribution < 1.29 is 24.7 Å². The van der Waals surface area contributed by atoms with Gasteiger partial charge in [0.25, 0.3) is 5.69 Å². The summed E-state index contributed by atoms with van der Waals surface area (Å²) < 4.78 is 4.46. The van der Waals surface area contributed by atoms with Gasteiger partial charge in [-0.15, -0.1) is 11.6 Å². The number of nitro benzene ring substituents is 1. The number of hydrogen-bond acceptors (Lipinski definition) is 6. The molecule has 0 amide bonds. The number of nitrogens with zero attached hydrogens (tertiary/aromatic N) is 1. The van der Waals surface area contributed by atoms with Crippen molar-refractivity contribution >= 4 is 23.3 Å². The van der Waals surface area contributed by atoms with Gasteiger partial charge in [-0.3, -0.25) is 10.1 Å². The summed E-state index contributed by atoms with van der Waals surface area (Å²) in [6.07, 6.45) is -2.73. The molecule has 1 aromatic carbocycles. The molecule has 0 aromatic heterocycles. The van der Waals surface area contributed by atoms with Gasteiger partial charge in [0, 0.05) is 12.1 Å². The first kappa shape index (κ1) is 15.4. The number of aliphatic hydroxyl groups excluding tert-OH is 2. The lowest BCUT2D eigenvalue weighted by Gasteiger charge is -2.16. The van der Waals surface area contributed by atoms with Crippen LogP contribution in [0.15, 0.2) is 18.2 Å². The molecule has 8 heteroatoms. The van der Waals surface area contributed by atoms with Gasteiger partial charge in [-0.25, -0.2) is 4.79 Å². The summed E-state index contributed by atoms with van der Waals surface area (Å²) in [5.74, 6) is -1.03. The molecule has 7 nitrogen and oxygen atoms in total. The summed E-state index contributed by atoms with van der Waals surface area (Å²) >= 11 is 5.39. The lowest BCUT2D eigenvalue weighted by atomic mass is 10.0. The first-order valence-electron chi connectivity index (χ1n) is 5.20. The molecule has 2 unspecified atom stereocenters. The Hall–Kier alpha value is -1.70. The molecule has 2 atom stereocenters. The second kappa shape index (κ2) is 6.46. The number of esters is 1. The summed E-state index contributed by atoms with van der Waals surface area (Å²) in [6.45, 7) is 0. The Bertz CT molecular complexity index is 492. The molecule has 0 spiro atoms. The Morgan fingerprint density at radius 3 is 2.58 bits per heavy atom. The van der Waals surface area contributed by atoms with Crippen molar-refractivity contribution in [2.24, 2.45) is 0 Å². The van der Waals surface area contributed by atoms with E-state index < -0.39 is 28.8 Å². The normalized spacial score (nSPS) is 13.7. The van der Waals surface area contributed by atoms with E-state index in [1.54, 1.807) is 0 Å². The van der Waals surface area contributed by atoms with E-state index in [1.165, 1.54) is 6.07 Å². The third-order valence-corrected chi connectivity index (χ3v) is 2.75. The molecule has 0 saturated carbocycles. The van der Waals surface area contributed by atoms with Crippen molar-refractivity contribution in [3.8, 4) is 0 Å². The summed E-state index contributed by atoms with van der Waals surface area (Å²) in [4.78, 5) is 21.4. The highest BCUT2D eigenvalue weighted by atomic mass is 35.5. The predicted molar refractivity (Wildman–Crippen MR) is 66.1 cm³/mol. The maximum absolute atomic E-state index is 11.4. The maximum Gasteiger partial charge on any atom is 0.338 e. The molecule has 0 fully saturated rings. The van der Waals surface area contributed by atoms with Gasteiger partial charge in [0.05, 0.1) is 29.6 Å². The number of aliphatic hydroxyl groups is 2. The van der Waals surface area contributed by atoms with Gasteiger partial charge in [-0.05, 0) is 11.6 Å². The highest BCUT2D eigenvalue weighted by Crippen LogP contribution is 2.25. The second-order valence-electron chi connectivity index (χ2n) is 3.73. The SMILES string of the molecule is COC(=O)c1cc(C(O)C(O)CCl)cc([N+](=O)[O-])c1. The average Bonchev–Trinajstić information content (AvgIpc) is 2.43. The van der Waals surface area contributed by atoms with Gasteiger partial charge in [0.1, 0.15) is 6.10 Å². The van der Waals surface area contributed by atoms with Gasteiger partial charge in [0.15, 0.2) is 0 Å². The van der Waals surface area contributed by atoms with E-state index >= 15 is 0 Å². The molecule has 1 aromatic rings. The number of benzene rings is 1. The minimum absolute atomic E-state index is 0.0164. The quantitative estimate of drug-likeness (QED) is 0.362. The van der Waals surface area contributed by atoms with E-state index in [0.29, 0.717) is 0 Å². The Morgan fingerprint density at radius 2 is 2.11 bits per heavy atom. The van der Waals surface area contributed by atoms with Crippen LogP contribution in [0.3, 0.4) is 0 Å². The van der Waals surface area contributed by atoms with Crippen LogP contribution in [0.1, 0.15) is 22.0 Å². The number of hydrogen-bond donors (Lipinski definition) is 2. The van der Waals surface area contributed by atoms with Crippen LogP contribution in [-0.4, -0.2) is 40.2 Å². The first-order valence-corrected chi connectivity index (χ1v) is 5.74. The van der Waals surface area contributed by atoms with Crippen molar-refractivity contribution in [3.63, 3.8) is 0 Å². The Labute approximate surface area is 113 Å². The molecule has 104 valence electrons. The Morgan fingerprint density at radius 1 is 1.47 bits per heavy atom. The van der Waals surface area contributed by atoms with E-state index in [1.807, 2.05) is 0 Å². The Kier molecular flexibility index (Phi) is 5.22. The van der Waals surface area contributed by atoms with Gasteiger partial charge in [-0.2, -0.15) is 0 Å². The zero-order valence-corrected chi connectivity index (χ0v) is 10.7. The molecule has 0 heterocycles. The van der Waals surface area contributed by atoms with Crippen molar-refractivity contribution in [1.29, 1.82) is 0 Å². The van der Waals surface area contributed by atoms with Crippen LogP contribution in [0.2, 0.25) is 0 Å². The third-order valence-electron chi connectivity index (χ3n) is 2.44. The van der Waals surface area contributed by atoms with Gasteiger partial charge in [-0.1, -0.05) is 0 Å². The van der Waals surface area contributed by atoms with Gasteiger partial charge < -0.3 is 14.9 Å². The summed E-state index contributed by atoms with van der Waals surface area (Å²) in [5.41, 5.74) is -0.464. The molecule has 0 saturated heterocycles. The molecule has 0 aliphatic heterocycles. The van der Waals surface area contributed by atoms with Gasteiger partial charge in [0.2, 0.25) is 0 Å². The molecule has 1 rings (SSSR count). The minimum Gasteiger partial charge on any atom is -0.465 e. The smallest absolute Gasteiger partial charge is 0.338 e. The van der Waals surface area contributed by atoms with Crippen molar-refractivity contribution in [2.45, 2.75) is 12.2 Å². The van der Waals surface area contributed by atoms with Crippen LogP contribution < -0.4 is 0 Å². The average molecular weight is 290 g/mol. The fraction of sp³-hybridized carbons (Fsp3) is 0.364. The number of nitro groups is 1. The standard InChI is InChI=1S/C11H12ClNO6/c1-19-11(16)7-2-6(10(15)9(14)5-12)3-8(4-7)13(17)18/h2-4,9-10,14-15H,5H2,1H3. The summed E-state index contributed by atoms with van der Waals surface area (Å²) in [5, 5.41) is 30.0. The van der Waals surface area contributed by atoms with Crippen molar-refractivity contribution in [3.05, 3.63) is 39.4 Å². The molecule has 0 aliphatic rings. The topological polar surface area (TPSA) is 110 Å². The Balaban J connectivity index is 3.27. The lowest BCUT2D eigenvalue weighted by molar-refractivity contribution is -0.385. The van der Waals surface area contributed by atoms with E-state index in [-0.39, 0.29) is 17.0 Å². The molecule has 0 aliphatic carbocycles. The zero-order chi connectivity index (χ0) is 14.6. The lowest BCUT2D eigenvalue weighted by Crippen LogP contribution is -2.20. The molecule has 0 radical (unpaired) electrons. The van der Waals surface area contributed by atoms with E-state index in [9.17, 15) is 25.1 Å². The zero-order valence-electron chi connectivity index (χ0n) is 9.95. The largest absolute Gasteiger partial charge is 0.465 e. The van der Waals surface area contributed by atoms with E-state index in [4.69, 9.17) is 11.6 Å². The van der Waals surface area contributed by atoms with E-state index in [2.05, 4.69) is 4.74 Å². The molecule has 19 heavy (non-hydrogen) atoms. The van der Waals surface area contributed by atoms with Crippen LogP contribution in [0.25, 0.3) is 0 Å². The maximum atomic E-state index is 11.4. The summed E-state index contributed by atoms with van der Waals surface area (Å²) in [6, 6.07) is 3.29. The fourth-order valence-electron chi connectivity index (χ4n) is 1.45. The summed E-state index contributed by atoms with van der Waals surface area (Å²) in [7, 11) is 1.13. The number of rotatable bonds is 5. The highest BCUT2D eigenvalue weighted by Gasteiger charge is 2.22. The number of carbonyl (C=O) groups excluding carboxylic acids is 1. The highest BCUT2D eigenvalue weighted by molar-refractivity contribution is 6.18. The van der Waals surface area contributed by atoms with Crippen molar-refractivity contribution in [2.75, 3.05) is 13.0 Å². The predicted octanol–water partition coefficient (Wildman–Crippen LogP) is 1.01. The number of carbonyl (C=O) groups is 1. The fourth-order valence-corrected chi connectivity index (χ4v) is 1.62. The number of ether oxygens (including phenoxy) is 1. The molecular weight excluding hydrogens is 278 g/mol. The number of methoxy groups -OCH3 is 1. The number of alkyl halides is 1. The second-order valence-corrected chi connectivity index (χ2v) is 4.04. The monoisotopic (exact) mass is 289 g/mol. The van der Waals surface area contributed by atoms with Crippen molar-refractivity contribution in [1.82, 2.24) is 0 Å². The first-order chi connectivity index (χ1) is 8.90. The number of non-ortho nitro benzene ring substituents is 1. The van der Waals surface area contributed by atoms with Crippen LogP contribution in [0.5, 0.6) is 0 Å². The van der Waals surface area contributed by atoms with E-state index in [0.717, 1.165) is 19.2 Å². The molecule has 0 bridgehead atoms. The minimum atomic E-state index is -1.43. The molecule has 2 N–H and O–H groups in total. The third kappa shape index (κ3) is 3.63.